The van der Waals surface area contributed by atoms with Crippen LogP contribution in [0.1, 0.15) is 60.3 Å². The van der Waals surface area contributed by atoms with E-state index in [0.717, 1.165) is 21.4 Å². The summed E-state index contributed by atoms with van der Waals surface area (Å²) < 4.78 is 22.4. The van der Waals surface area contributed by atoms with E-state index < -0.39 is 36.8 Å². The van der Waals surface area contributed by atoms with Crippen molar-refractivity contribution < 1.29 is 0 Å². The van der Waals surface area contributed by atoms with Gasteiger partial charge in [-0.3, -0.25) is 0 Å². The van der Waals surface area contributed by atoms with E-state index in [1.807, 2.05) is 6.21 Å². The van der Waals surface area contributed by atoms with E-state index in [2.05, 4.69) is 86.1 Å². The zero-order valence-corrected chi connectivity index (χ0v) is 29.5. The van der Waals surface area contributed by atoms with Crippen LogP contribution < -0.4 is 0 Å². The number of aliphatic imine (C=N–C) groups is 2. The van der Waals surface area contributed by atoms with Crippen molar-refractivity contribution in [2.45, 2.75) is 66.3 Å². The van der Waals surface area contributed by atoms with E-state index >= 15 is 0 Å². The van der Waals surface area contributed by atoms with Crippen LogP contribution in [0.25, 0.3) is 0 Å². The van der Waals surface area contributed by atoms with Crippen LogP contribution in [0.5, 0.6) is 0 Å². The number of thioether (sulfide) groups is 1. The summed E-state index contributed by atoms with van der Waals surface area (Å²) >= 11 is -2.23. The van der Waals surface area contributed by atoms with Crippen LogP contribution >= 0.6 is 69.3 Å². The first kappa shape index (κ1) is 26.5. The SMILES string of the molecule is C=I1=CC2=C(C=C1C1=CI3(=C)C=C(C)N=C3N=C1)SC(N(C)C1CC(C)(C)CC3CC3C(C)(C)C1)=I2. The minimum absolute atomic E-state index is 0.122. The van der Waals surface area contributed by atoms with Crippen molar-refractivity contribution in [1.82, 2.24) is 4.90 Å². The summed E-state index contributed by atoms with van der Waals surface area (Å²) in [6.07, 6.45) is 10.0. The Labute approximate surface area is 241 Å². The van der Waals surface area contributed by atoms with Gasteiger partial charge in [0.05, 0.1) is 0 Å². The third-order valence-corrected chi connectivity index (χ3v) is 24.7. The third-order valence-electron chi connectivity index (χ3n) is 8.31. The molecule has 3 nitrogen and oxygen atoms in total. The molecule has 0 aromatic rings. The van der Waals surface area contributed by atoms with Crippen LogP contribution in [0.4, 0.5) is 0 Å². The molecule has 2 fully saturated rings. The van der Waals surface area contributed by atoms with E-state index in [1.165, 1.54) is 39.7 Å². The van der Waals surface area contributed by atoms with Crippen molar-refractivity contribution in [3.8, 4) is 0 Å². The van der Waals surface area contributed by atoms with Crippen molar-refractivity contribution in [3.05, 3.63) is 37.6 Å². The molecule has 0 aromatic heterocycles. The van der Waals surface area contributed by atoms with Crippen LogP contribution in [0, 0.1) is 22.7 Å². The quantitative estimate of drug-likeness (QED) is 0.211. The molecular weight excluding hydrogens is 803 g/mol. The summed E-state index contributed by atoms with van der Waals surface area (Å²) in [6, 6.07) is 0.639. The Morgan fingerprint density at radius 2 is 1.97 bits per heavy atom. The normalized spacial score (nSPS) is 38.4. The fraction of sp³-hybridized carbons (Fsp3) is 0.517. The Kier molecular flexibility index (Phi) is 6.74. The molecule has 4 heterocycles. The topological polar surface area (TPSA) is 28.0 Å². The van der Waals surface area contributed by atoms with Crippen molar-refractivity contribution >= 4 is 95.4 Å². The Morgan fingerprint density at radius 1 is 1.19 bits per heavy atom. The Hall–Kier alpha value is 0.280. The van der Waals surface area contributed by atoms with Crippen molar-refractivity contribution in [3.63, 3.8) is 0 Å². The Bertz CT molecular complexity index is 1410. The van der Waals surface area contributed by atoms with E-state index in [4.69, 9.17) is 9.51 Å². The standard InChI is InChI=1S/C29H38I3N3S/c1-18-15-32(7)16-20(17-33-27(32)34-18)24-10-25-23(14-31(24)6)30-26(36-25)35(8)21-12-28(2,3)11-19-9-22(19)29(4,5)13-21/h10,14-17,19,21-22H,6-7,9,11-13H2,1-5,8H3. The zero-order chi connectivity index (χ0) is 25.6. The molecule has 0 aromatic carbocycles. The molecule has 0 bridgehead atoms. The summed E-state index contributed by atoms with van der Waals surface area (Å²) in [6.45, 7) is 12.2. The van der Waals surface area contributed by atoms with Gasteiger partial charge in [0.1, 0.15) is 0 Å². The predicted molar refractivity (Wildman–Crippen MR) is 192 cm³/mol. The van der Waals surface area contributed by atoms with E-state index in [1.54, 1.807) is 6.54 Å². The van der Waals surface area contributed by atoms with Crippen LogP contribution in [-0.2, 0) is 0 Å². The second-order valence-corrected chi connectivity index (χ2v) is 27.8. The first-order valence-electron chi connectivity index (χ1n) is 12.7. The molecule has 0 amide bonds. The van der Waals surface area contributed by atoms with Gasteiger partial charge in [0.15, 0.2) is 0 Å². The van der Waals surface area contributed by atoms with Crippen LogP contribution in [0.2, 0.25) is 0 Å². The van der Waals surface area contributed by atoms with Crippen molar-refractivity contribution in [1.29, 1.82) is 0 Å². The average molecular weight is 841 g/mol. The number of amidine groups is 1. The molecule has 2 aliphatic carbocycles. The zero-order valence-electron chi connectivity index (χ0n) is 22.2. The number of allylic oxidation sites excluding steroid dienone is 5. The van der Waals surface area contributed by atoms with Gasteiger partial charge in [-0.15, -0.1) is 0 Å². The fourth-order valence-corrected chi connectivity index (χ4v) is 23.9. The molecule has 0 saturated heterocycles. The summed E-state index contributed by atoms with van der Waals surface area (Å²) in [5, 5.41) is 0. The first-order chi connectivity index (χ1) is 16.8. The van der Waals surface area contributed by atoms with Gasteiger partial charge in [-0.2, -0.15) is 0 Å². The molecule has 4 unspecified atom stereocenters. The summed E-state index contributed by atoms with van der Waals surface area (Å²) in [5.41, 5.74) is 3.27. The van der Waals surface area contributed by atoms with Gasteiger partial charge in [0.2, 0.25) is 0 Å². The molecule has 0 N–H and O–H groups in total. The first-order valence-corrected chi connectivity index (χ1v) is 24.6. The second kappa shape index (κ2) is 9.16. The van der Waals surface area contributed by atoms with E-state index in [0.29, 0.717) is 16.9 Å². The van der Waals surface area contributed by atoms with Gasteiger partial charge in [0, 0.05) is 0 Å². The minimum atomic E-state index is -2.57. The molecule has 4 aliphatic heterocycles. The van der Waals surface area contributed by atoms with Gasteiger partial charge in [-0.25, -0.2) is 0 Å². The van der Waals surface area contributed by atoms with Gasteiger partial charge >= 0.3 is 232 Å². The molecule has 0 spiro atoms. The summed E-state index contributed by atoms with van der Waals surface area (Å²) in [5.74, 6) is 1.90. The number of hydrogen-bond donors (Lipinski definition) is 0. The van der Waals surface area contributed by atoms with Gasteiger partial charge in [-0.1, -0.05) is 0 Å². The second-order valence-electron chi connectivity index (χ2n) is 12.5. The predicted octanol–water partition coefficient (Wildman–Crippen LogP) is 8.49. The average Bonchev–Trinajstić information content (AvgIpc) is 3.29. The van der Waals surface area contributed by atoms with Crippen molar-refractivity contribution in [2.24, 2.45) is 32.7 Å². The molecule has 6 aliphatic rings. The number of nitrogens with zero attached hydrogens (tertiary/aromatic N) is 3. The summed E-state index contributed by atoms with van der Waals surface area (Å²) in [7, 11) is 2.40. The molecule has 6 rings (SSSR count). The van der Waals surface area contributed by atoms with Crippen LogP contribution in [0.3, 0.4) is 0 Å². The Morgan fingerprint density at radius 3 is 2.75 bits per heavy atom. The molecule has 0 radical (unpaired) electrons. The van der Waals surface area contributed by atoms with E-state index in [9.17, 15) is 0 Å². The Balaban J connectivity index is 1.24. The molecule has 196 valence electrons. The number of rotatable bonds is 3. The molecular formula is C29H38I3N3S. The van der Waals surface area contributed by atoms with Crippen LogP contribution in [-0.4, -0.2) is 44.1 Å². The number of halogens is 3. The molecule has 36 heavy (non-hydrogen) atoms. The summed E-state index contributed by atoms with van der Waals surface area (Å²) in [4.78, 5) is 13.6. The molecule has 4 atom stereocenters. The maximum absolute atomic E-state index is 4.78. The molecule has 7 heteroatoms. The van der Waals surface area contributed by atoms with Crippen LogP contribution in [0.15, 0.2) is 47.6 Å². The third kappa shape index (κ3) is 4.87. The number of hydrogen-bond acceptors (Lipinski definition) is 4. The van der Waals surface area contributed by atoms with Gasteiger partial charge in [-0.05, 0) is 12.3 Å². The van der Waals surface area contributed by atoms with E-state index in [-0.39, 0.29) is 20.7 Å². The molecule has 2 saturated carbocycles. The number of fused-ring (bicyclic) bond motifs is 2. The van der Waals surface area contributed by atoms with Gasteiger partial charge in [0.25, 0.3) is 0 Å². The van der Waals surface area contributed by atoms with Crippen molar-refractivity contribution in [2.75, 3.05) is 7.05 Å². The monoisotopic (exact) mass is 841 g/mol. The fourth-order valence-electron chi connectivity index (χ4n) is 6.55. The maximum atomic E-state index is 4.78. The van der Waals surface area contributed by atoms with Gasteiger partial charge < -0.3 is 0 Å².